The Bertz CT molecular complexity index is 2650. The van der Waals surface area contributed by atoms with Crippen molar-refractivity contribution in [1.82, 2.24) is 24.5 Å². The van der Waals surface area contributed by atoms with E-state index in [-0.39, 0.29) is 35.0 Å². The normalized spacial score (nSPS) is 18.6. The summed E-state index contributed by atoms with van der Waals surface area (Å²) in [5.74, 6) is -0.582. The number of carbonyl (C=O) groups is 1. The lowest BCUT2D eigenvalue weighted by atomic mass is 9.72. The van der Waals surface area contributed by atoms with Gasteiger partial charge in [-0.05, 0) is 90.8 Å². The number of aromatic amines is 1. The number of hydrogen-bond acceptors (Lipinski definition) is 11. The van der Waals surface area contributed by atoms with Crippen LogP contribution in [0.1, 0.15) is 55.5 Å². The molecular weight excluding hydrogens is 854 g/mol. The molecule has 5 aromatic rings. The number of carbonyl (C=O) groups excluding carboxylic acids is 1. The highest BCUT2D eigenvalue weighted by atomic mass is 35.5. The van der Waals surface area contributed by atoms with Crippen molar-refractivity contribution < 1.29 is 31.7 Å². The van der Waals surface area contributed by atoms with Gasteiger partial charge in [-0.2, -0.15) is 0 Å². The van der Waals surface area contributed by atoms with Gasteiger partial charge in [-0.15, -0.1) is 0 Å². The first-order chi connectivity index (χ1) is 30.1. The second-order valence-electron chi connectivity index (χ2n) is 17.2. The predicted octanol–water partition coefficient (Wildman–Crippen LogP) is 8.57. The summed E-state index contributed by atoms with van der Waals surface area (Å²) >= 11 is 6.23. The van der Waals surface area contributed by atoms with Gasteiger partial charge in [0.15, 0.2) is 5.75 Å². The number of allylic oxidation sites excluding steroid dienone is 1. The van der Waals surface area contributed by atoms with Crippen molar-refractivity contribution in [2.24, 2.45) is 5.41 Å². The van der Waals surface area contributed by atoms with Crippen molar-refractivity contribution >= 4 is 61.2 Å². The Morgan fingerprint density at radius 1 is 1.02 bits per heavy atom. The highest BCUT2D eigenvalue weighted by Gasteiger charge is 2.32. The summed E-state index contributed by atoms with van der Waals surface area (Å²) in [7, 11) is -4.65. The third-order valence-electron chi connectivity index (χ3n) is 12.1. The van der Waals surface area contributed by atoms with Gasteiger partial charge < -0.3 is 19.9 Å². The molecule has 8 rings (SSSR count). The smallest absolute Gasteiger partial charge is 0.293 e. The minimum absolute atomic E-state index is 0.0339. The van der Waals surface area contributed by atoms with E-state index in [1.54, 1.807) is 29.2 Å². The molecule has 1 unspecified atom stereocenters. The van der Waals surface area contributed by atoms with E-state index in [0.717, 1.165) is 56.7 Å². The number of para-hydroxylation sites is 1. The van der Waals surface area contributed by atoms with Crippen molar-refractivity contribution in [3.63, 3.8) is 0 Å². The van der Waals surface area contributed by atoms with E-state index in [0.29, 0.717) is 47.9 Å². The molecule has 63 heavy (non-hydrogen) atoms. The molecule has 1 aliphatic carbocycles. The lowest BCUT2D eigenvalue weighted by Crippen LogP contribution is -2.47. The lowest BCUT2D eigenvalue weighted by Gasteiger charge is -2.39. The molecule has 1 amide bonds. The molecule has 0 radical (unpaired) electrons. The number of amides is 1. The fraction of sp³-hybridized carbons (Fsp3) is 0.378. The van der Waals surface area contributed by atoms with Gasteiger partial charge in [0.25, 0.3) is 28.0 Å². The number of likely N-dealkylation sites (tertiary alicyclic amines) is 1. The van der Waals surface area contributed by atoms with Crippen molar-refractivity contribution in [2.75, 3.05) is 62.6 Å². The maximum atomic E-state index is 14.0. The second kappa shape index (κ2) is 18.2. The SMILES string of the molecule is CC1(C)CCC(CN2CCN(c3ccc(C(=O)NS(=O)(=O)c4ccc(NC5CCN(CC(F)F)C5)c([N+](=O)[O-])c4)c(Oc4cccc5[nH]cnc45)c3)CC2)=C(c2ccc(Cl)cc2)C1. The monoisotopic (exact) mass is 902 g/mol. The molecule has 0 saturated carbocycles. The number of rotatable bonds is 14. The highest BCUT2D eigenvalue weighted by Crippen LogP contribution is 2.43. The second-order valence-corrected chi connectivity index (χ2v) is 19.3. The van der Waals surface area contributed by atoms with Crippen LogP contribution in [0.25, 0.3) is 16.6 Å². The summed E-state index contributed by atoms with van der Waals surface area (Å²) in [5, 5.41) is 15.8. The number of alkyl halides is 2. The molecule has 2 fully saturated rings. The molecule has 0 spiro atoms. The molecule has 0 bridgehead atoms. The number of nitrogens with zero attached hydrogens (tertiary/aromatic N) is 5. The number of aromatic nitrogens is 2. The number of sulfonamides is 1. The molecule has 3 heterocycles. The van der Waals surface area contributed by atoms with Crippen LogP contribution in [-0.2, 0) is 10.0 Å². The van der Waals surface area contributed by atoms with Gasteiger partial charge in [0.05, 0.1) is 33.8 Å². The number of piperazine rings is 1. The van der Waals surface area contributed by atoms with Crippen LogP contribution in [0.15, 0.2) is 95.7 Å². The highest BCUT2D eigenvalue weighted by molar-refractivity contribution is 7.90. The molecule has 2 saturated heterocycles. The van der Waals surface area contributed by atoms with Gasteiger partial charge in [-0.3, -0.25) is 24.7 Å². The van der Waals surface area contributed by atoms with Crippen molar-refractivity contribution in [1.29, 1.82) is 0 Å². The van der Waals surface area contributed by atoms with Crippen molar-refractivity contribution in [3.05, 3.63) is 117 Å². The van der Waals surface area contributed by atoms with E-state index in [1.165, 1.54) is 35.2 Å². The summed E-state index contributed by atoms with van der Waals surface area (Å²) in [4.78, 5) is 38.5. The van der Waals surface area contributed by atoms with Gasteiger partial charge in [0, 0.05) is 74.7 Å². The molecule has 3 N–H and O–H groups in total. The maximum Gasteiger partial charge on any atom is 0.293 e. The Hall–Kier alpha value is -5.62. The van der Waals surface area contributed by atoms with Crippen LogP contribution in [-0.4, -0.2) is 104 Å². The average Bonchev–Trinajstić information content (AvgIpc) is 3.91. The molecule has 4 aromatic carbocycles. The van der Waals surface area contributed by atoms with Crippen LogP contribution in [0.3, 0.4) is 0 Å². The Labute approximate surface area is 369 Å². The van der Waals surface area contributed by atoms with Gasteiger partial charge in [-0.1, -0.05) is 49.2 Å². The maximum absolute atomic E-state index is 14.0. The number of imidazole rings is 1. The van der Waals surface area contributed by atoms with E-state index >= 15 is 0 Å². The van der Waals surface area contributed by atoms with Crippen LogP contribution < -0.4 is 19.7 Å². The van der Waals surface area contributed by atoms with Crippen LogP contribution in [0.5, 0.6) is 11.5 Å². The Balaban J connectivity index is 1.01. The van der Waals surface area contributed by atoms with Crippen LogP contribution in [0, 0.1) is 15.5 Å². The summed E-state index contributed by atoms with van der Waals surface area (Å²) in [6.07, 6.45) is 2.62. The fourth-order valence-corrected chi connectivity index (χ4v) is 9.85. The van der Waals surface area contributed by atoms with Crippen LogP contribution in [0.4, 0.5) is 25.8 Å². The fourth-order valence-electron chi connectivity index (χ4n) is 8.74. The Morgan fingerprint density at radius 2 is 1.79 bits per heavy atom. The first-order valence-electron chi connectivity index (χ1n) is 20.9. The molecule has 18 heteroatoms. The van der Waals surface area contributed by atoms with E-state index in [1.807, 2.05) is 18.2 Å². The number of hydrogen-bond donors (Lipinski definition) is 3. The molecule has 2 aliphatic heterocycles. The van der Waals surface area contributed by atoms with Gasteiger partial charge in [-0.25, -0.2) is 26.9 Å². The van der Waals surface area contributed by atoms with Crippen LogP contribution in [0.2, 0.25) is 5.02 Å². The summed E-state index contributed by atoms with van der Waals surface area (Å²) in [6.45, 7) is 8.71. The van der Waals surface area contributed by atoms with E-state index < -0.39 is 44.4 Å². The molecular formula is C45H49ClF2N8O6S. The lowest BCUT2D eigenvalue weighted by molar-refractivity contribution is -0.384. The van der Waals surface area contributed by atoms with Crippen molar-refractivity contribution in [3.8, 4) is 11.5 Å². The largest absolute Gasteiger partial charge is 0.454 e. The summed E-state index contributed by atoms with van der Waals surface area (Å²) < 4.78 is 61.7. The minimum Gasteiger partial charge on any atom is -0.454 e. The number of nitro groups is 1. The number of nitrogens with one attached hydrogen (secondary N) is 3. The molecule has 1 aromatic heterocycles. The van der Waals surface area contributed by atoms with E-state index in [9.17, 15) is 32.1 Å². The van der Waals surface area contributed by atoms with E-state index in [4.69, 9.17) is 16.3 Å². The average molecular weight is 903 g/mol. The number of ether oxygens (including phenoxy) is 1. The van der Waals surface area contributed by atoms with E-state index in [2.05, 4.69) is 55.8 Å². The Morgan fingerprint density at radius 3 is 2.54 bits per heavy atom. The van der Waals surface area contributed by atoms with Gasteiger partial charge >= 0.3 is 0 Å². The topological polar surface area (TPSA) is 166 Å². The third kappa shape index (κ3) is 10.3. The first kappa shape index (κ1) is 44.0. The van der Waals surface area contributed by atoms with Crippen LogP contribution >= 0.6 is 11.6 Å². The molecule has 14 nitrogen and oxygen atoms in total. The summed E-state index contributed by atoms with van der Waals surface area (Å²) in [5.41, 5.74) is 5.65. The molecule has 1 atom stereocenters. The molecule has 3 aliphatic rings. The number of H-pyrrole nitrogens is 1. The number of halogens is 3. The predicted molar refractivity (Wildman–Crippen MR) is 239 cm³/mol. The zero-order valence-electron chi connectivity index (χ0n) is 35.0. The standard InChI is InChI=1S/C45H49ClF2N8O6S/c1-45(2)16-14-30(36(24-45)29-6-8-31(46)9-7-29)25-53-18-20-55(21-19-53)33-10-12-35(41(22-33)62-40-5-3-4-38-43(40)50-28-49-38)44(57)52-63(60,61)34-11-13-37(39(23-34)56(58)59)51-32-15-17-54(26-32)27-42(47)48/h3-13,22-23,28,32,42,51H,14-21,24-27H2,1-2H3,(H,49,50)(H,52,57). The van der Waals surface area contributed by atoms with Gasteiger partial charge in [0.1, 0.15) is 17.0 Å². The number of benzene rings is 4. The number of nitro benzene ring substituents is 1. The number of anilines is 2. The van der Waals surface area contributed by atoms with Crippen molar-refractivity contribution in [2.45, 2.75) is 56.9 Å². The number of fused-ring (bicyclic) bond motifs is 1. The Kier molecular flexibility index (Phi) is 12.7. The quantitative estimate of drug-likeness (QED) is 0.0722. The zero-order chi connectivity index (χ0) is 44.5. The summed E-state index contributed by atoms with van der Waals surface area (Å²) in [6, 6.07) is 21.3. The minimum atomic E-state index is -4.65. The molecule has 332 valence electrons. The third-order valence-corrected chi connectivity index (χ3v) is 13.7. The van der Waals surface area contributed by atoms with Gasteiger partial charge in [0.2, 0.25) is 0 Å². The first-order valence-corrected chi connectivity index (χ1v) is 22.8. The zero-order valence-corrected chi connectivity index (χ0v) is 36.5.